The van der Waals surface area contributed by atoms with E-state index < -0.39 is 10.2 Å². The third kappa shape index (κ3) is 3.76. The van der Waals surface area contributed by atoms with Crippen LogP contribution in [0, 0.1) is 0 Å². The zero-order valence-electron chi connectivity index (χ0n) is 13.6. The van der Waals surface area contributed by atoms with Gasteiger partial charge in [0.2, 0.25) is 0 Å². The predicted molar refractivity (Wildman–Crippen MR) is 85.5 cm³/mol. The van der Waals surface area contributed by atoms with Crippen molar-refractivity contribution in [3.8, 4) is 0 Å². The molecule has 1 saturated heterocycles. The molecule has 6 nitrogen and oxygen atoms in total. The average molecular weight is 318 g/mol. The smallest absolute Gasteiger partial charge is 0.279 e. The van der Waals surface area contributed by atoms with E-state index in [0.29, 0.717) is 13.1 Å². The summed E-state index contributed by atoms with van der Waals surface area (Å²) in [7, 11) is 2.58. The van der Waals surface area contributed by atoms with E-state index >= 15 is 0 Å². The summed E-state index contributed by atoms with van der Waals surface area (Å²) < 4.78 is 29.8. The Labute approximate surface area is 129 Å². The van der Waals surface area contributed by atoms with Gasteiger partial charge in [0.05, 0.1) is 0 Å². The Hall–Kier alpha value is -0.210. The monoisotopic (exact) mass is 318 g/mol. The van der Waals surface area contributed by atoms with E-state index in [4.69, 9.17) is 0 Å². The highest BCUT2D eigenvalue weighted by atomic mass is 32.2. The molecule has 21 heavy (non-hydrogen) atoms. The molecule has 1 atom stereocenters. The van der Waals surface area contributed by atoms with Crippen molar-refractivity contribution in [2.24, 2.45) is 0 Å². The van der Waals surface area contributed by atoms with E-state index in [0.717, 1.165) is 38.6 Å². The van der Waals surface area contributed by atoms with Gasteiger partial charge in [-0.05, 0) is 53.2 Å². The van der Waals surface area contributed by atoms with Crippen LogP contribution in [0.5, 0.6) is 0 Å². The number of nitrogens with zero attached hydrogens (tertiary/aromatic N) is 2. The fraction of sp³-hybridized carbons (Fsp3) is 1.00. The number of piperidine rings is 1. The van der Waals surface area contributed by atoms with E-state index in [9.17, 15) is 8.42 Å². The molecule has 0 aromatic carbocycles. The molecule has 0 bridgehead atoms. The number of hydrogen-bond acceptors (Lipinski definition) is 4. The van der Waals surface area contributed by atoms with Gasteiger partial charge in [-0.2, -0.15) is 12.7 Å². The molecule has 124 valence electrons. The van der Waals surface area contributed by atoms with Crippen molar-refractivity contribution in [1.29, 1.82) is 0 Å². The SMILES string of the molecule is CNCC1CCCCN1S(=O)(=O)NCC1(N(C)C)CCC1. The van der Waals surface area contributed by atoms with E-state index in [2.05, 4.69) is 14.9 Å². The molecule has 1 heterocycles. The first-order valence-electron chi connectivity index (χ1n) is 8.00. The Kier molecular flexibility index (Phi) is 5.65. The van der Waals surface area contributed by atoms with Crippen molar-refractivity contribution in [2.45, 2.75) is 50.1 Å². The van der Waals surface area contributed by atoms with E-state index in [1.807, 2.05) is 21.1 Å². The molecule has 7 heteroatoms. The van der Waals surface area contributed by atoms with Gasteiger partial charge in [-0.15, -0.1) is 0 Å². The first kappa shape index (κ1) is 17.1. The standard InChI is InChI=1S/C14H30N4O2S/c1-15-11-13-7-4-5-10-18(13)21(19,20)16-12-14(17(2)3)8-6-9-14/h13,15-16H,4-12H2,1-3H3. The van der Waals surface area contributed by atoms with Gasteiger partial charge in [-0.3, -0.25) is 0 Å². The summed E-state index contributed by atoms with van der Waals surface area (Å²) in [6.07, 6.45) is 6.34. The Morgan fingerprint density at radius 2 is 1.95 bits per heavy atom. The Morgan fingerprint density at radius 3 is 2.48 bits per heavy atom. The first-order chi connectivity index (χ1) is 9.91. The van der Waals surface area contributed by atoms with E-state index in [1.165, 1.54) is 6.42 Å². The number of likely N-dealkylation sites (N-methyl/N-ethyl adjacent to an activating group) is 2. The third-order valence-corrected chi connectivity index (χ3v) is 6.75. The average Bonchev–Trinajstić information content (AvgIpc) is 2.37. The van der Waals surface area contributed by atoms with Gasteiger partial charge >= 0.3 is 0 Å². The molecule has 0 amide bonds. The van der Waals surface area contributed by atoms with Gasteiger partial charge in [0.1, 0.15) is 0 Å². The summed E-state index contributed by atoms with van der Waals surface area (Å²) in [5.74, 6) is 0. The van der Waals surface area contributed by atoms with E-state index in [1.54, 1.807) is 4.31 Å². The maximum Gasteiger partial charge on any atom is 0.279 e. The topological polar surface area (TPSA) is 64.7 Å². The highest BCUT2D eigenvalue weighted by molar-refractivity contribution is 7.87. The third-order valence-electron chi connectivity index (χ3n) is 5.14. The Balaban J connectivity index is 1.99. The normalized spacial score (nSPS) is 26.8. The van der Waals surface area contributed by atoms with Crippen LogP contribution >= 0.6 is 0 Å². The zero-order chi connectivity index (χ0) is 15.5. The Bertz CT molecular complexity index is 432. The number of hydrogen-bond donors (Lipinski definition) is 2. The van der Waals surface area contributed by atoms with Crippen molar-refractivity contribution in [2.75, 3.05) is 40.8 Å². The summed E-state index contributed by atoms with van der Waals surface area (Å²) in [6, 6.07) is 0.0814. The highest BCUT2D eigenvalue weighted by Crippen LogP contribution is 2.35. The van der Waals surface area contributed by atoms with Crippen molar-refractivity contribution < 1.29 is 8.42 Å². The molecule has 2 rings (SSSR count). The quantitative estimate of drug-likeness (QED) is 0.712. The molecule has 0 aromatic rings. The minimum Gasteiger partial charge on any atom is -0.318 e. The maximum absolute atomic E-state index is 12.6. The van der Waals surface area contributed by atoms with Gasteiger partial charge in [0.15, 0.2) is 0 Å². The van der Waals surface area contributed by atoms with Crippen molar-refractivity contribution in [3.05, 3.63) is 0 Å². The molecule has 1 aliphatic heterocycles. The second-order valence-electron chi connectivity index (χ2n) is 6.62. The second-order valence-corrected chi connectivity index (χ2v) is 8.32. The largest absolute Gasteiger partial charge is 0.318 e. The van der Waals surface area contributed by atoms with Crippen LogP contribution in [-0.2, 0) is 10.2 Å². The molecule has 2 N–H and O–H groups in total. The fourth-order valence-corrected chi connectivity index (χ4v) is 4.96. The van der Waals surface area contributed by atoms with E-state index in [-0.39, 0.29) is 11.6 Å². The van der Waals surface area contributed by atoms with Crippen molar-refractivity contribution >= 4 is 10.2 Å². The van der Waals surface area contributed by atoms with Gasteiger partial charge < -0.3 is 10.2 Å². The minimum atomic E-state index is -3.38. The van der Waals surface area contributed by atoms with Crippen LogP contribution in [0.25, 0.3) is 0 Å². The van der Waals surface area contributed by atoms with Crippen molar-refractivity contribution in [1.82, 2.24) is 19.2 Å². The van der Waals surface area contributed by atoms with Crippen LogP contribution < -0.4 is 10.0 Å². The summed E-state index contributed by atoms with van der Waals surface area (Å²) >= 11 is 0. The molecule has 1 unspecified atom stereocenters. The zero-order valence-corrected chi connectivity index (χ0v) is 14.4. The molecule has 0 aromatic heterocycles. The fourth-order valence-electron chi connectivity index (χ4n) is 3.41. The molecule has 2 fully saturated rings. The molecule has 1 saturated carbocycles. The lowest BCUT2D eigenvalue weighted by molar-refractivity contribution is 0.0649. The lowest BCUT2D eigenvalue weighted by Crippen LogP contribution is -2.60. The highest BCUT2D eigenvalue weighted by Gasteiger charge is 2.41. The minimum absolute atomic E-state index is 0.0152. The predicted octanol–water partition coefficient (Wildman–Crippen LogP) is 0.379. The summed E-state index contributed by atoms with van der Waals surface area (Å²) in [6.45, 7) is 1.88. The van der Waals surface area contributed by atoms with Crippen LogP contribution in [0.4, 0.5) is 0 Å². The van der Waals surface area contributed by atoms with Gasteiger partial charge in [-0.25, -0.2) is 4.72 Å². The molecular weight excluding hydrogens is 288 g/mol. The molecule has 1 aliphatic carbocycles. The summed E-state index contributed by atoms with van der Waals surface area (Å²) in [5, 5.41) is 3.11. The van der Waals surface area contributed by atoms with Crippen LogP contribution in [0.1, 0.15) is 38.5 Å². The summed E-state index contributed by atoms with van der Waals surface area (Å²) in [5.41, 5.74) is 0.0152. The lowest BCUT2D eigenvalue weighted by atomic mass is 9.76. The second kappa shape index (κ2) is 6.91. The maximum atomic E-state index is 12.6. The number of rotatable bonds is 7. The van der Waals surface area contributed by atoms with Crippen LogP contribution in [0.3, 0.4) is 0 Å². The van der Waals surface area contributed by atoms with Gasteiger partial charge in [0, 0.05) is 31.2 Å². The molecular formula is C14H30N4O2S. The Morgan fingerprint density at radius 1 is 1.24 bits per heavy atom. The van der Waals surface area contributed by atoms with Crippen molar-refractivity contribution in [3.63, 3.8) is 0 Å². The van der Waals surface area contributed by atoms with Gasteiger partial charge in [-0.1, -0.05) is 6.42 Å². The van der Waals surface area contributed by atoms with Crippen LogP contribution in [-0.4, -0.2) is 70.0 Å². The van der Waals surface area contributed by atoms with Crippen LogP contribution in [0.2, 0.25) is 0 Å². The molecule has 0 radical (unpaired) electrons. The molecule has 0 spiro atoms. The lowest BCUT2D eigenvalue weighted by Gasteiger charge is -2.47. The summed E-state index contributed by atoms with van der Waals surface area (Å²) in [4.78, 5) is 2.17. The first-order valence-corrected chi connectivity index (χ1v) is 9.44. The van der Waals surface area contributed by atoms with Gasteiger partial charge in [0.25, 0.3) is 10.2 Å². The molecule has 2 aliphatic rings. The number of nitrogens with one attached hydrogen (secondary N) is 2. The van der Waals surface area contributed by atoms with Crippen LogP contribution in [0.15, 0.2) is 0 Å².